The lowest BCUT2D eigenvalue weighted by atomic mass is 10.1. The van der Waals surface area contributed by atoms with Crippen LogP contribution in [-0.2, 0) is 11.2 Å². The Balaban J connectivity index is 2.51. The molecule has 0 unspecified atom stereocenters. The maximum Gasteiger partial charge on any atom is 0.134 e. The fraction of sp³-hybridized carbons (Fsp3) is 0.200. The van der Waals surface area contributed by atoms with Gasteiger partial charge in [0.2, 0.25) is 0 Å². The third-order valence-electron chi connectivity index (χ3n) is 1.95. The first-order valence-electron chi connectivity index (χ1n) is 4.18. The molecule has 13 heavy (non-hydrogen) atoms. The summed E-state index contributed by atoms with van der Waals surface area (Å²) in [6.45, 7) is 1.59. The van der Waals surface area contributed by atoms with E-state index in [-0.39, 0.29) is 5.78 Å². The molecule has 0 aliphatic heterocycles. The Bertz CT molecular complexity index is 445. The minimum atomic E-state index is 0.159. The van der Waals surface area contributed by atoms with Gasteiger partial charge in [0.05, 0.1) is 11.0 Å². The smallest absolute Gasteiger partial charge is 0.134 e. The van der Waals surface area contributed by atoms with Gasteiger partial charge < -0.3 is 4.98 Å². The average molecular weight is 174 g/mol. The van der Waals surface area contributed by atoms with E-state index in [1.165, 1.54) is 0 Å². The van der Waals surface area contributed by atoms with Gasteiger partial charge in [0.1, 0.15) is 5.78 Å². The molecule has 0 saturated heterocycles. The number of hydrogen-bond acceptors (Lipinski definition) is 2. The van der Waals surface area contributed by atoms with Crippen molar-refractivity contribution in [2.45, 2.75) is 13.3 Å². The van der Waals surface area contributed by atoms with Crippen molar-refractivity contribution in [2.75, 3.05) is 0 Å². The summed E-state index contributed by atoms with van der Waals surface area (Å²) < 4.78 is 0. The number of Topliss-reactive ketones (excluding diaryl/α,β-unsaturated/α-hetero) is 1. The SMILES string of the molecule is CC(=O)Cc1c[nH]c2cccnc12. The highest BCUT2D eigenvalue weighted by atomic mass is 16.1. The fourth-order valence-corrected chi connectivity index (χ4v) is 1.41. The second-order valence-electron chi connectivity index (χ2n) is 3.09. The second kappa shape index (κ2) is 3.01. The van der Waals surface area contributed by atoms with Crippen molar-refractivity contribution in [3.8, 4) is 0 Å². The van der Waals surface area contributed by atoms with Crippen molar-refractivity contribution in [1.29, 1.82) is 0 Å². The van der Waals surface area contributed by atoms with Gasteiger partial charge in [-0.05, 0) is 19.1 Å². The molecule has 0 atom stereocenters. The molecule has 0 radical (unpaired) electrons. The summed E-state index contributed by atoms with van der Waals surface area (Å²) in [7, 11) is 0. The number of H-pyrrole nitrogens is 1. The number of ketones is 1. The predicted molar refractivity (Wildman–Crippen MR) is 50.5 cm³/mol. The molecule has 0 spiro atoms. The molecule has 0 amide bonds. The molecule has 0 aliphatic rings. The van der Waals surface area contributed by atoms with Crippen LogP contribution >= 0.6 is 0 Å². The minimum Gasteiger partial charge on any atom is -0.360 e. The van der Waals surface area contributed by atoms with Crippen LogP contribution in [0.1, 0.15) is 12.5 Å². The molecule has 3 heteroatoms. The van der Waals surface area contributed by atoms with E-state index in [9.17, 15) is 4.79 Å². The highest BCUT2D eigenvalue weighted by Gasteiger charge is 2.05. The first-order chi connectivity index (χ1) is 6.27. The lowest BCUT2D eigenvalue weighted by Gasteiger charge is -1.92. The molecule has 2 rings (SSSR count). The van der Waals surface area contributed by atoms with Crippen LogP contribution in [0.3, 0.4) is 0 Å². The summed E-state index contributed by atoms with van der Waals surface area (Å²) in [4.78, 5) is 18.2. The van der Waals surface area contributed by atoms with E-state index in [1.54, 1.807) is 13.1 Å². The van der Waals surface area contributed by atoms with E-state index >= 15 is 0 Å². The molecule has 2 aromatic rings. The Kier molecular flexibility index (Phi) is 1.85. The fourth-order valence-electron chi connectivity index (χ4n) is 1.41. The lowest BCUT2D eigenvalue weighted by molar-refractivity contribution is -0.116. The molecule has 0 fully saturated rings. The molecule has 0 bridgehead atoms. The first kappa shape index (κ1) is 7.98. The first-order valence-corrected chi connectivity index (χ1v) is 4.18. The zero-order chi connectivity index (χ0) is 9.26. The van der Waals surface area contributed by atoms with E-state index in [2.05, 4.69) is 9.97 Å². The van der Waals surface area contributed by atoms with E-state index < -0.39 is 0 Å². The Labute approximate surface area is 75.8 Å². The topological polar surface area (TPSA) is 45.8 Å². The third kappa shape index (κ3) is 1.45. The number of nitrogens with zero attached hydrogens (tertiary/aromatic N) is 1. The highest BCUT2D eigenvalue weighted by molar-refractivity contribution is 5.86. The summed E-state index contributed by atoms with van der Waals surface area (Å²) >= 11 is 0. The van der Waals surface area contributed by atoms with Crippen LogP contribution < -0.4 is 0 Å². The van der Waals surface area contributed by atoms with Crippen LogP contribution in [0.4, 0.5) is 0 Å². The van der Waals surface area contributed by atoms with Crippen LogP contribution in [-0.4, -0.2) is 15.8 Å². The highest BCUT2D eigenvalue weighted by Crippen LogP contribution is 2.15. The maximum atomic E-state index is 10.9. The van der Waals surface area contributed by atoms with Gasteiger partial charge in [0.25, 0.3) is 0 Å². The Morgan fingerprint density at radius 1 is 1.62 bits per heavy atom. The van der Waals surface area contributed by atoms with Gasteiger partial charge in [-0.3, -0.25) is 9.78 Å². The van der Waals surface area contributed by atoms with Crippen molar-refractivity contribution in [3.63, 3.8) is 0 Å². The number of nitrogens with one attached hydrogen (secondary N) is 1. The van der Waals surface area contributed by atoms with Gasteiger partial charge in [0.15, 0.2) is 0 Å². The quantitative estimate of drug-likeness (QED) is 0.753. The lowest BCUT2D eigenvalue weighted by Crippen LogP contribution is -1.95. The molecule has 0 saturated carbocycles. The van der Waals surface area contributed by atoms with Crippen LogP contribution in [0.25, 0.3) is 11.0 Å². The Hall–Kier alpha value is -1.64. The van der Waals surface area contributed by atoms with Crippen LogP contribution in [0.15, 0.2) is 24.5 Å². The van der Waals surface area contributed by atoms with Crippen molar-refractivity contribution in [3.05, 3.63) is 30.1 Å². The number of pyridine rings is 1. The summed E-state index contributed by atoms with van der Waals surface area (Å²) in [5.74, 6) is 0.159. The monoisotopic (exact) mass is 174 g/mol. The normalized spacial score (nSPS) is 10.5. The molecule has 2 aromatic heterocycles. The molecule has 0 aromatic carbocycles. The third-order valence-corrected chi connectivity index (χ3v) is 1.95. The number of carbonyl (C=O) groups excluding carboxylic acids is 1. The van der Waals surface area contributed by atoms with Gasteiger partial charge in [0, 0.05) is 24.4 Å². The van der Waals surface area contributed by atoms with Gasteiger partial charge in [-0.1, -0.05) is 0 Å². The average Bonchev–Trinajstić information content (AvgIpc) is 2.48. The number of aromatic nitrogens is 2. The summed E-state index contributed by atoms with van der Waals surface area (Å²) in [5.41, 5.74) is 2.86. The molecule has 1 N–H and O–H groups in total. The Morgan fingerprint density at radius 2 is 2.46 bits per heavy atom. The number of carbonyl (C=O) groups is 1. The zero-order valence-electron chi connectivity index (χ0n) is 7.37. The van der Waals surface area contributed by atoms with Crippen molar-refractivity contribution in [2.24, 2.45) is 0 Å². The van der Waals surface area contributed by atoms with Crippen LogP contribution in [0.5, 0.6) is 0 Å². The van der Waals surface area contributed by atoms with Gasteiger partial charge >= 0.3 is 0 Å². The maximum absolute atomic E-state index is 10.9. The largest absolute Gasteiger partial charge is 0.360 e. The van der Waals surface area contributed by atoms with E-state index in [0.29, 0.717) is 6.42 Å². The molecule has 0 aliphatic carbocycles. The molecule has 66 valence electrons. The molecular formula is C10H10N2O. The number of aromatic amines is 1. The molecular weight excluding hydrogens is 164 g/mol. The van der Waals surface area contributed by atoms with Gasteiger partial charge in [-0.25, -0.2) is 0 Å². The standard InChI is InChI=1S/C10H10N2O/c1-7(13)5-8-6-12-9-3-2-4-11-10(8)9/h2-4,6,12H,5H2,1H3. The van der Waals surface area contributed by atoms with Gasteiger partial charge in [-0.2, -0.15) is 0 Å². The van der Waals surface area contributed by atoms with E-state index in [4.69, 9.17) is 0 Å². The number of rotatable bonds is 2. The minimum absolute atomic E-state index is 0.159. The van der Waals surface area contributed by atoms with Crippen molar-refractivity contribution < 1.29 is 4.79 Å². The van der Waals surface area contributed by atoms with E-state index in [1.807, 2.05) is 18.3 Å². The Morgan fingerprint density at radius 3 is 3.23 bits per heavy atom. The summed E-state index contributed by atoms with van der Waals surface area (Å²) in [6.07, 6.45) is 4.04. The zero-order valence-corrected chi connectivity index (χ0v) is 7.37. The van der Waals surface area contributed by atoms with Crippen LogP contribution in [0, 0.1) is 0 Å². The second-order valence-corrected chi connectivity index (χ2v) is 3.09. The predicted octanol–water partition coefficient (Wildman–Crippen LogP) is 1.69. The molecule has 3 nitrogen and oxygen atoms in total. The van der Waals surface area contributed by atoms with Crippen LogP contribution in [0.2, 0.25) is 0 Å². The van der Waals surface area contributed by atoms with Gasteiger partial charge in [-0.15, -0.1) is 0 Å². The van der Waals surface area contributed by atoms with E-state index in [0.717, 1.165) is 16.6 Å². The van der Waals surface area contributed by atoms with Crippen molar-refractivity contribution >= 4 is 16.8 Å². The van der Waals surface area contributed by atoms with Crippen molar-refractivity contribution in [1.82, 2.24) is 9.97 Å². The number of hydrogen-bond donors (Lipinski definition) is 1. The summed E-state index contributed by atoms with van der Waals surface area (Å²) in [5, 5.41) is 0. The number of fused-ring (bicyclic) bond motifs is 1. The summed E-state index contributed by atoms with van der Waals surface area (Å²) in [6, 6.07) is 3.82. The molecule has 2 heterocycles.